The molecule has 2 fully saturated rings. The van der Waals surface area contributed by atoms with Gasteiger partial charge in [0.2, 0.25) is 0 Å². The Labute approximate surface area is 144 Å². The van der Waals surface area contributed by atoms with Crippen LogP contribution in [0, 0.1) is 12.3 Å². The Hall–Kier alpha value is -2.25. The maximum absolute atomic E-state index is 10.2. The van der Waals surface area contributed by atoms with Crippen molar-refractivity contribution < 1.29 is 19.7 Å². The minimum Gasteiger partial charge on any atom is -0.386 e. The second kappa shape index (κ2) is 6.24. The molecule has 2 aromatic rings. The number of aliphatic hydroxyl groups is 2. The SMILES string of the molecule is C#C[C@H]1O[C@@H](n2cnc3c(N[C@@H]4CCO[C@@H]4C)ncnc32)[C@H](O)[C@@H]1O. The Bertz CT molecular complexity index is 818. The zero-order chi connectivity index (χ0) is 17.6. The highest BCUT2D eigenvalue weighted by Crippen LogP contribution is 2.32. The van der Waals surface area contributed by atoms with E-state index >= 15 is 0 Å². The van der Waals surface area contributed by atoms with Crippen LogP contribution in [0.3, 0.4) is 0 Å². The number of aliphatic hydroxyl groups excluding tert-OH is 2. The average molecular weight is 345 g/mol. The van der Waals surface area contributed by atoms with E-state index in [1.807, 2.05) is 6.92 Å². The van der Waals surface area contributed by atoms with Crippen LogP contribution in [0.4, 0.5) is 5.82 Å². The van der Waals surface area contributed by atoms with Gasteiger partial charge in [-0.3, -0.25) is 4.57 Å². The molecule has 0 aliphatic carbocycles. The number of ether oxygens (including phenoxy) is 2. The number of hydrogen-bond donors (Lipinski definition) is 3. The molecule has 0 aromatic carbocycles. The summed E-state index contributed by atoms with van der Waals surface area (Å²) in [6.07, 6.45) is 5.12. The number of anilines is 1. The van der Waals surface area contributed by atoms with E-state index in [0.717, 1.165) is 6.42 Å². The normalized spacial score (nSPS) is 35.1. The van der Waals surface area contributed by atoms with E-state index in [4.69, 9.17) is 15.9 Å². The first-order valence-electron chi connectivity index (χ1n) is 8.13. The quantitative estimate of drug-likeness (QED) is 0.648. The first-order chi connectivity index (χ1) is 12.1. The Balaban J connectivity index is 1.66. The van der Waals surface area contributed by atoms with E-state index in [2.05, 4.69) is 26.2 Å². The van der Waals surface area contributed by atoms with Crippen LogP contribution in [-0.2, 0) is 9.47 Å². The van der Waals surface area contributed by atoms with Crippen molar-refractivity contribution in [2.75, 3.05) is 11.9 Å². The number of imidazole rings is 1. The topological polar surface area (TPSA) is 115 Å². The summed E-state index contributed by atoms with van der Waals surface area (Å²) in [6.45, 7) is 2.71. The molecule has 0 bridgehead atoms. The summed E-state index contributed by atoms with van der Waals surface area (Å²) >= 11 is 0. The maximum atomic E-state index is 10.2. The van der Waals surface area contributed by atoms with Crippen LogP contribution in [0.15, 0.2) is 12.7 Å². The molecular formula is C16H19N5O4. The van der Waals surface area contributed by atoms with Crippen LogP contribution in [0.2, 0.25) is 0 Å². The van der Waals surface area contributed by atoms with Crippen molar-refractivity contribution in [1.82, 2.24) is 19.5 Å². The van der Waals surface area contributed by atoms with Crippen LogP contribution in [0.25, 0.3) is 11.2 Å². The highest BCUT2D eigenvalue weighted by molar-refractivity contribution is 5.82. The molecule has 25 heavy (non-hydrogen) atoms. The summed E-state index contributed by atoms with van der Waals surface area (Å²) in [5.74, 6) is 2.91. The van der Waals surface area contributed by atoms with Gasteiger partial charge in [0.15, 0.2) is 23.2 Å². The van der Waals surface area contributed by atoms with Crippen LogP contribution >= 0.6 is 0 Å². The number of nitrogens with zero attached hydrogens (tertiary/aromatic N) is 4. The second-order valence-corrected chi connectivity index (χ2v) is 6.26. The Morgan fingerprint density at radius 1 is 1.32 bits per heavy atom. The van der Waals surface area contributed by atoms with Crippen LogP contribution in [0.1, 0.15) is 19.6 Å². The molecule has 0 amide bonds. The van der Waals surface area contributed by atoms with Gasteiger partial charge in [-0.2, -0.15) is 0 Å². The summed E-state index contributed by atoms with van der Waals surface area (Å²) in [6, 6.07) is 0.143. The van der Waals surface area contributed by atoms with E-state index in [-0.39, 0.29) is 12.1 Å². The van der Waals surface area contributed by atoms with Gasteiger partial charge in [0, 0.05) is 6.61 Å². The first-order valence-corrected chi connectivity index (χ1v) is 8.13. The van der Waals surface area contributed by atoms with E-state index in [1.165, 1.54) is 12.7 Å². The zero-order valence-electron chi connectivity index (χ0n) is 13.6. The number of hydrogen-bond acceptors (Lipinski definition) is 8. The molecule has 0 saturated carbocycles. The largest absolute Gasteiger partial charge is 0.386 e. The fraction of sp³-hybridized carbons (Fsp3) is 0.562. The van der Waals surface area contributed by atoms with Gasteiger partial charge in [-0.25, -0.2) is 15.0 Å². The van der Waals surface area contributed by atoms with E-state index in [1.54, 1.807) is 4.57 Å². The Morgan fingerprint density at radius 2 is 2.16 bits per heavy atom. The summed E-state index contributed by atoms with van der Waals surface area (Å²) in [5, 5.41) is 23.5. The third-order valence-corrected chi connectivity index (χ3v) is 4.73. The predicted molar refractivity (Wildman–Crippen MR) is 87.5 cm³/mol. The van der Waals surface area contributed by atoms with Crippen molar-refractivity contribution in [2.24, 2.45) is 0 Å². The van der Waals surface area contributed by atoms with E-state index < -0.39 is 24.5 Å². The van der Waals surface area contributed by atoms with Gasteiger partial charge in [-0.05, 0) is 13.3 Å². The van der Waals surface area contributed by atoms with Gasteiger partial charge in [-0.15, -0.1) is 6.42 Å². The fourth-order valence-electron chi connectivity index (χ4n) is 3.27. The van der Waals surface area contributed by atoms with Gasteiger partial charge < -0.3 is 25.0 Å². The van der Waals surface area contributed by atoms with Gasteiger partial charge in [0.05, 0.1) is 18.5 Å². The van der Waals surface area contributed by atoms with Crippen molar-refractivity contribution in [3.8, 4) is 12.3 Å². The van der Waals surface area contributed by atoms with Crippen LogP contribution < -0.4 is 5.32 Å². The predicted octanol–water partition coefficient (Wildman–Crippen LogP) is -0.332. The molecule has 9 nitrogen and oxygen atoms in total. The molecule has 9 heteroatoms. The van der Waals surface area contributed by atoms with Crippen LogP contribution in [0.5, 0.6) is 0 Å². The van der Waals surface area contributed by atoms with Gasteiger partial charge >= 0.3 is 0 Å². The number of aromatic nitrogens is 4. The minimum absolute atomic E-state index is 0.0821. The van der Waals surface area contributed by atoms with Crippen molar-refractivity contribution in [3.63, 3.8) is 0 Å². The fourth-order valence-corrected chi connectivity index (χ4v) is 3.27. The first kappa shape index (κ1) is 16.2. The average Bonchev–Trinajstić information content (AvgIpc) is 3.29. The third kappa shape index (κ3) is 2.63. The van der Waals surface area contributed by atoms with E-state index in [0.29, 0.717) is 23.6 Å². The molecule has 0 unspecified atom stereocenters. The molecule has 4 rings (SSSR count). The minimum atomic E-state index is -1.17. The van der Waals surface area contributed by atoms with Gasteiger partial charge in [0.1, 0.15) is 24.6 Å². The maximum Gasteiger partial charge on any atom is 0.167 e. The standard InChI is InChI=1S/C16H19N5O4/c1-3-10-12(22)13(23)16(25-10)21-7-19-11-14(17-6-18-15(11)21)20-9-4-5-24-8(9)2/h1,6-10,12-13,16,22-23H,4-5H2,2H3,(H,17,18,20)/t8-,9-,10-,12-,13-,16-/m1/s1. The molecule has 3 N–H and O–H groups in total. The molecule has 2 aliphatic heterocycles. The summed E-state index contributed by atoms with van der Waals surface area (Å²) in [4.78, 5) is 12.9. The number of rotatable bonds is 3. The van der Waals surface area contributed by atoms with Crippen molar-refractivity contribution in [3.05, 3.63) is 12.7 Å². The summed E-state index contributed by atoms with van der Waals surface area (Å²) < 4.78 is 12.7. The lowest BCUT2D eigenvalue weighted by molar-refractivity contribution is -0.0230. The summed E-state index contributed by atoms with van der Waals surface area (Å²) in [7, 11) is 0. The highest BCUT2D eigenvalue weighted by atomic mass is 16.6. The lowest BCUT2D eigenvalue weighted by Crippen LogP contribution is -2.30. The lowest BCUT2D eigenvalue weighted by atomic mass is 10.1. The lowest BCUT2D eigenvalue weighted by Gasteiger charge is -2.18. The number of terminal acetylenes is 1. The smallest absolute Gasteiger partial charge is 0.167 e. The monoisotopic (exact) mass is 345 g/mol. The molecule has 132 valence electrons. The third-order valence-electron chi connectivity index (χ3n) is 4.73. The second-order valence-electron chi connectivity index (χ2n) is 6.26. The molecule has 0 radical (unpaired) electrons. The molecule has 6 atom stereocenters. The van der Waals surface area contributed by atoms with E-state index in [9.17, 15) is 10.2 Å². The molecule has 2 aliphatic rings. The Kier molecular flexibility index (Phi) is 4.05. The highest BCUT2D eigenvalue weighted by Gasteiger charge is 2.43. The molecular weight excluding hydrogens is 326 g/mol. The molecule has 0 spiro atoms. The zero-order valence-corrected chi connectivity index (χ0v) is 13.6. The number of fused-ring (bicyclic) bond motifs is 1. The molecule has 2 saturated heterocycles. The molecule has 4 heterocycles. The van der Waals surface area contributed by atoms with Crippen LogP contribution in [-0.4, -0.2) is 66.8 Å². The summed E-state index contributed by atoms with van der Waals surface area (Å²) in [5.41, 5.74) is 1.04. The number of nitrogens with one attached hydrogen (secondary N) is 1. The van der Waals surface area contributed by atoms with Crippen molar-refractivity contribution in [1.29, 1.82) is 0 Å². The van der Waals surface area contributed by atoms with Crippen molar-refractivity contribution in [2.45, 2.75) is 50.0 Å². The molecule has 2 aromatic heterocycles. The van der Waals surface area contributed by atoms with Crippen molar-refractivity contribution >= 4 is 17.0 Å². The van der Waals surface area contributed by atoms with Gasteiger partial charge in [0.25, 0.3) is 0 Å². The Morgan fingerprint density at radius 3 is 2.84 bits per heavy atom. The van der Waals surface area contributed by atoms with Gasteiger partial charge in [-0.1, -0.05) is 5.92 Å².